The Morgan fingerprint density at radius 1 is 0.672 bits per heavy atom. The maximum absolute atomic E-state index is 14.1. The first-order valence-corrected chi connectivity index (χ1v) is 20.1. The molecule has 10 nitrogen and oxygen atoms in total. The molecule has 0 amide bonds. The molecule has 0 aliphatic heterocycles. The van der Waals surface area contributed by atoms with E-state index in [1.54, 1.807) is 0 Å². The van der Waals surface area contributed by atoms with Crippen molar-refractivity contribution in [1.29, 1.82) is 10.5 Å². The van der Waals surface area contributed by atoms with Gasteiger partial charge in [0, 0.05) is 12.5 Å². The molecule has 3 N–H and O–H groups in total. The molecule has 0 radical (unpaired) electrons. The normalized spacial score (nSPS) is 12.3. The van der Waals surface area contributed by atoms with E-state index in [0.717, 1.165) is 64.6 Å². The molecule has 2 unspecified atom stereocenters. The fourth-order valence-electron chi connectivity index (χ4n) is 7.29. The van der Waals surface area contributed by atoms with Crippen LogP contribution in [0.2, 0.25) is 0 Å². The molecule has 2 heterocycles. The lowest BCUT2D eigenvalue weighted by molar-refractivity contribution is -0.137. The van der Waals surface area contributed by atoms with Gasteiger partial charge in [-0.1, -0.05) is 83.1 Å². The van der Waals surface area contributed by atoms with Crippen LogP contribution in [0.4, 0.5) is 17.6 Å². The summed E-state index contributed by atoms with van der Waals surface area (Å²) in [4.78, 5) is 30.8. The first-order chi connectivity index (χ1) is 29.0. The van der Waals surface area contributed by atoms with Gasteiger partial charge in [0.15, 0.2) is 29.1 Å². The van der Waals surface area contributed by atoms with Crippen LogP contribution in [0, 0.1) is 45.9 Å². The number of carbonyl (C=O) groups is 2. The molecule has 14 heteroatoms. The summed E-state index contributed by atoms with van der Waals surface area (Å²) in [5.41, 5.74) is 9.61. The Morgan fingerprint density at radius 3 is 1.43 bits per heavy atom. The summed E-state index contributed by atoms with van der Waals surface area (Å²) in [7, 11) is 0. The highest BCUT2D eigenvalue weighted by atomic mass is 19.2. The number of halogens is 4. The van der Waals surface area contributed by atoms with Crippen molar-refractivity contribution < 1.29 is 32.3 Å². The summed E-state index contributed by atoms with van der Waals surface area (Å²) in [6, 6.07) is 25.6. The summed E-state index contributed by atoms with van der Waals surface area (Å²) in [5, 5.41) is 27.5. The lowest BCUT2D eigenvalue weighted by Crippen LogP contribution is -2.22. The minimum Gasteiger partial charge on any atom is -0.480 e. The van der Waals surface area contributed by atoms with Crippen molar-refractivity contribution >= 4 is 33.8 Å². The number of carbonyl (C=O) groups excluding carboxylic acids is 1. The number of aliphatic carboxylic acids is 1. The topological polar surface area (TPSA) is 164 Å². The van der Waals surface area contributed by atoms with Gasteiger partial charge in [0.25, 0.3) is 0 Å². The van der Waals surface area contributed by atoms with E-state index in [1.165, 1.54) is 29.4 Å². The molecule has 320 valence electrons. The summed E-state index contributed by atoms with van der Waals surface area (Å²) >= 11 is 0. The second kappa shape index (κ2) is 20.7. The van der Waals surface area contributed by atoms with Crippen LogP contribution in [0.25, 0.3) is 22.1 Å². The highest BCUT2D eigenvalue weighted by Gasteiger charge is 2.29. The number of benzene rings is 4. The summed E-state index contributed by atoms with van der Waals surface area (Å²) in [5.74, 6) is -5.32. The van der Waals surface area contributed by atoms with Gasteiger partial charge in [-0.15, -0.1) is 0 Å². The fourth-order valence-corrected chi connectivity index (χ4v) is 7.29. The number of hydrogen-bond donors (Lipinski definition) is 2. The van der Waals surface area contributed by atoms with Gasteiger partial charge >= 0.3 is 5.97 Å². The van der Waals surface area contributed by atoms with Gasteiger partial charge in [0.2, 0.25) is 0 Å². The number of nitrogens with zero attached hydrogens (tertiary/aromatic N) is 6. The molecule has 0 aliphatic carbocycles. The van der Waals surface area contributed by atoms with E-state index >= 15 is 0 Å². The van der Waals surface area contributed by atoms with Gasteiger partial charge in [0.1, 0.15) is 17.6 Å². The standard InChI is InChI=1S/C24H25F2N3O.C14H20N2.C9H6F2N2O2/c1-4-24(5-2,14-27)18-8-6-17(7-9-18)16(3)12-19(30)13-29-15-28-21-11-10-20(25)22(26)23(21)29;1-4-14(5-2,10-15)13-8-6-12(7-9-13)11(3)16;10-5-1-2-6-9(8(5)11)13(4-12-6)3-7(14)15/h6-11,15-16H,4-5,12-13H2,1-3H3;6-9,11H,4-5,16H2,1-3H3;1-2,4H,3H2,(H,14,15). The van der Waals surface area contributed by atoms with Gasteiger partial charge in [-0.25, -0.2) is 27.5 Å². The number of ketones is 1. The number of carboxylic acid groups (broad SMARTS) is 1. The zero-order valence-corrected chi connectivity index (χ0v) is 35.2. The Morgan fingerprint density at radius 2 is 1.07 bits per heavy atom. The number of hydrogen-bond acceptors (Lipinski definition) is 7. The van der Waals surface area contributed by atoms with Crippen molar-refractivity contribution in [2.45, 2.75) is 110 Å². The molecule has 0 saturated carbocycles. The average Bonchev–Trinajstić information content (AvgIpc) is 3.87. The van der Waals surface area contributed by atoms with Crippen LogP contribution >= 0.6 is 0 Å². The highest BCUT2D eigenvalue weighted by Crippen LogP contribution is 2.33. The first-order valence-electron chi connectivity index (χ1n) is 20.1. The van der Waals surface area contributed by atoms with E-state index in [-0.39, 0.29) is 52.7 Å². The molecule has 6 aromatic rings. The zero-order chi connectivity index (χ0) is 45.1. The minimum absolute atomic E-state index is 0.00679. The quantitative estimate of drug-likeness (QED) is 0.102. The maximum atomic E-state index is 14.1. The molecule has 0 fully saturated rings. The molecule has 0 saturated heterocycles. The van der Waals surface area contributed by atoms with Crippen molar-refractivity contribution in [2.24, 2.45) is 5.73 Å². The van der Waals surface area contributed by atoms with E-state index in [2.05, 4.69) is 36.0 Å². The van der Waals surface area contributed by atoms with Crippen LogP contribution in [-0.2, 0) is 33.5 Å². The largest absolute Gasteiger partial charge is 0.480 e. The van der Waals surface area contributed by atoms with E-state index in [4.69, 9.17) is 10.8 Å². The Balaban J connectivity index is 0.000000222. The number of rotatable bonds is 14. The Hall–Kier alpha value is -6.38. The van der Waals surface area contributed by atoms with E-state index < -0.39 is 41.2 Å². The molecule has 6 rings (SSSR count). The minimum atomic E-state index is -1.14. The van der Waals surface area contributed by atoms with Crippen LogP contribution in [0.1, 0.15) is 108 Å². The molecule has 2 atom stereocenters. The maximum Gasteiger partial charge on any atom is 0.323 e. The molecule has 0 spiro atoms. The third-order valence-corrected chi connectivity index (χ3v) is 11.4. The van der Waals surface area contributed by atoms with Gasteiger partial charge in [-0.2, -0.15) is 10.5 Å². The summed E-state index contributed by atoms with van der Waals surface area (Å²) < 4.78 is 56.3. The monoisotopic (exact) mass is 837 g/mol. The first kappa shape index (κ1) is 47.3. The lowest BCUT2D eigenvalue weighted by atomic mass is 9.77. The second-order valence-electron chi connectivity index (χ2n) is 15.1. The Bertz CT molecular complexity index is 2530. The predicted octanol–water partition coefficient (Wildman–Crippen LogP) is 10.3. The molecule has 4 aromatic carbocycles. The SMILES string of the molecule is CCC(C#N)(CC)c1ccc(C(C)CC(=O)Cn2cnc3ccc(F)c(F)c32)cc1.CCC(C#N)(CC)c1ccc(C(C)N)cc1.O=C(O)Cn1cnc2ccc(F)c(F)c21. The molecular weight excluding hydrogens is 787 g/mol. The van der Waals surface area contributed by atoms with Gasteiger partial charge in [-0.05, 0) is 85.0 Å². The third kappa shape index (κ3) is 10.7. The average molecular weight is 838 g/mol. The number of nitrogens with two attached hydrogens (primary N) is 1. The molecule has 0 bridgehead atoms. The number of aromatic nitrogens is 4. The van der Waals surface area contributed by atoms with E-state index in [0.29, 0.717) is 5.52 Å². The van der Waals surface area contributed by atoms with Crippen LogP contribution < -0.4 is 5.73 Å². The number of carboxylic acids is 1. The van der Waals surface area contributed by atoms with Crippen molar-refractivity contribution in [3.05, 3.63) is 131 Å². The second-order valence-corrected chi connectivity index (χ2v) is 15.1. The zero-order valence-electron chi connectivity index (χ0n) is 35.2. The van der Waals surface area contributed by atoms with Gasteiger partial charge in [0.05, 0.1) is 53.2 Å². The number of fused-ring (bicyclic) bond motifs is 2. The van der Waals surface area contributed by atoms with Crippen molar-refractivity contribution in [1.82, 2.24) is 19.1 Å². The Labute approximate surface area is 353 Å². The van der Waals surface area contributed by atoms with Crippen molar-refractivity contribution in [2.75, 3.05) is 0 Å². The fraction of sp³-hybridized carbons (Fsp3) is 0.362. The van der Waals surface area contributed by atoms with Gasteiger partial charge < -0.3 is 20.0 Å². The lowest BCUT2D eigenvalue weighted by Gasteiger charge is -2.24. The molecular formula is C47H51F4N7O3. The molecule has 61 heavy (non-hydrogen) atoms. The third-order valence-electron chi connectivity index (χ3n) is 11.4. The van der Waals surface area contributed by atoms with Crippen LogP contribution in [-0.4, -0.2) is 36.0 Å². The van der Waals surface area contributed by atoms with Crippen molar-refractivity contribution in [3.8, 4) is 12.1 Å². The summed E-state index contributed by atoms with van der Waals surface area (Å²) in [6.45, 7) is 11.5. The molecule has 2 aromatic heterocycles. The van der Waals surface area contributed by atoms with Crippen LogP contribution in [0.3, 0.4) is 0 Å². The van der Waals surface area contributed by atoms with Crippen LogP contribution in [0.5, 0.6) is 0 Å². The number of nitriles is 2. The summed E-state index contributed by atoms with van der Waals surface area (Å²) in [6.07, 6.45) is 5.96. The number of imidazole rings is 2. The highest BCUT2D eigenvalue weighted by molar-refractivity contribution is 5.83. The van der Waals surface area contributed by atoms with Gasteiger partial charge in [-0.3, -0.25) is 9.59 Å². The van der Waals surface area contributed by atoms with Crippen LogP contribution in [0.15, 0.2) is 85.5 Å². The smallest absolute Gasteiger partial charge is 0.323 e. The number of Topliss-reactive ketones (excluding diaryl/α,β-unsaturated/α-hetero) is 1. The predicted molar refractivity (Wildman–Crippen MR) is 226 cm³/mol. The Kier molecular flexibility index (Phi) is 16.1. The molecule has 0 aliphatic rings. The van der Waals surface area contributed by atoms with E-state index in [9.17, 15) is 37.7 Å². The van der Waals surface area contributed by atoms with E-state index in [1.807, 2.05) is 76.2 Å². The van der Waals surface area contributed by atoms with Crippen molar-refractivity contribution in [3.63, 3.8) is 0 Å².